The van der Waals surface area contributed by atoms with E-state index in [1.54, 1.807) is 33.8 Å². The van der Waals surface area contributed by atoms with Crippen LogP contribution in [-0.2, 0) is 9.53 Å². The van der Waals surface area contributed by atoms with Gasteiger partial charge in [-0.05, 0) is 52.2 Å². The van der Waals surface area contributed by atoms with Crippen LogP contribution in [0.4, 0.5) is 10.5 Å². The molecule has 1 heterocycles. The van der Waals surface area contributed by atoms with E-state index in [0.29, 0.717) is 37.9 Å². The summed E-state index contributed by atoms with van der Waals surface area (Å²) in [7, 11) is 0. The van der Waals surface area contributed by atoms with Crippen LogP contribution in [0.15, 0.2) is 24.3 Å². The van der Waals surface area contributed by atoms with Gasteiger partial charge in [0, 0.05) is 19.1 Å². The molecule has 0 spiro atoms. The molecule has 1 amide bonds. The van der Waals surface area contributed by atoms with Crippen LogP contribution in [-0.4, -0.2) is 52.8 Å². The lowest BCUT2D eigenvalue weighted by Crippen LogP contribution is -2.55. The van der Waals surface area contributed by atoms with Crippen LogP contribution < -0.4 is 4.90 Å². The summed E-state index contributed by atoms with van der Waals surface area (Å²) in [5.74, 6) is -1.02. The first kappa shape index (κ1) is 21.5. The van der Waals surface area contributed by atoms with E-state index in [9.17, 15) is 20.0 Å². The predicted molar refractivity (Wildman–Crippen MR) is 106 cm³/mol. The zero-order valence-electron chi connectivity index (χ0n) is 17.0. The number of carboxylic acid groups (broad SMARTS) is 1. The van der Waals surface area contributed by atoms with Crippen molar-refractivity contribution in [1.29, 1.82) is 5.26 Å². The molecule has 0 radical (unpaired) electrons. The van der Waals surface area contributed by atoms with E-state index < -0.39 is 23.7 Å². The zero-order valence-corrected chi connectivity index (χ0v) is 17.0. The zero-order chi connectivity index (χ0) is 20.9. The molecule has 1 saturated heterocycles. The normalized spacial score (nSPS) is 16.2. The number of carboxylic acids is 1. The minimum atomic E-state index is -1.02. The van der Waals surface area contributed by atoms with E-state index in [1.807, 2.05) is 18.2 Å². The van der Waals surface area contributed by atoms with E-state index in [1.165, 1.54) is 4.90 Å². The van der Waals surface area contributed by atoms with Gasteiger partial charge in [-0.2, -0.15) is 5.26 Å². The number of nitriles is 1. The molecule has 152 valence electrons. The van der Waals surface area contributed by atoms with Crippen LogP contribution in [0.5, 0.6) is 0 Å². The number of amides is 1. The number of para-hydroxylation sites is 1. The second-order valence-corrected chi connectivity index (χ2v) is 8.00. The Bertz CT molecular complexity index is 743. The van der Waals surface area contributed by atoms with Crippen molar-refractivity contribution < 1.29 is 19.4 Å². The number of piperidine rings is 1. The summed E-state index contributed by atoms with van der Waals surface area (Å²) in [5, 5.41) is 18.9. The lowest BCUT2D eigenvalue weighted by Gasteiger charge is -2.42. The first-order chi connectivity index (χ1) is 13.2. The van der Waals surface area contributed by atoms with E-state index in [4.69, 9.17) is 4.74 Å². The van der Waals surface area contributed by atoms with Crippen molar-refractivity contribution in [2.24, 2.45) is 0 Å². The molecule has 0 aromatic heterocycles. The Kier molecular flexibility index (Phi) is 6.90. The molecule has 0 bridgehead atoms. The summed E-state index contributed by atoms with van der Waals surface area (Å²) < 4.78 is 5.50. The molecule has 1 aromatic rings. The van der Waals surface area contributed by atoms with Crippen LogP contribution in [0, 0.1) is 11.3 Å². The minimum Gasteiger partial charge on any atom is -0.480 e. The fraction of sp³-hybridized carbons (Fsp3) is 0.571. The average molecular weight is 387 g/mol. The molecule has 1 aliphatic heterocycles. The van der Waals surface area contributed by atoms with Gasteiger partial charge in [-0.25, -0.2) is 9.59 Å². The van der Waals surface area contributed by atoms with Gasteiger partial charge in [0.25, 0.3) is 0 Å². The smallest absolute Gasteiger partial charge is 0.411 e. The Morgan fingerprint density at radius 1 is 1.32 bits per heavy atom. The standard InChI is InChI=1S/C21H29N3O4/c1-5-17(19(25)26)24(20(27)28-21(2,3)4)16-10-12-23(13-11-16)18-9-7-6-8-15(18)14-22/h6-9,16-17H,5,10-13H2,1-4H3,(H,25,26). The molecule has 28 heavy (non-hydrogen) atoms. The van der Waals surface area contributed by atoms with Gasteiger partial charge in [-0.15, -0.1) is 0 Å². The summed E-state index contributed by atoms with van der Waals surface area (Å²) in [6, 6.07) is 8.49. The van der Waals surface area contributed by atoms with Crippen molar-refractivity contribution in [3.05, 3.63) is 29.8 Å². The number of ether oxygens (including phenoxy) is 1. The molecule has 1 unspecified atom stereocenters. The Morgan fingerprint density at radius 2 is 1.93 bits per heavy atom. The maximum atomic E-state index is 12.8. The highest BCUT2D eigenvalue weighted by molar-refractivity contribution is 5.80. The van der Waals surface area contributed by atoms with Crippen molar-refractivity contribution in [1.82, 2.24) is 4.90 Å². The molecule has 1 fully saturated rings. The third-order valence-electron chi connectivity index (χ3n) is 4.83. The highest BCUT2D eigenvalue weighted by Gasteiger charge is 2.38. The SMILES string of the molecule is CCC(C(=O)O)N(C(=O)OC(C)(C)C)C1CCN(c2ccccc2C#N)CC1. The minimum absolute atomic E-state index is 0.221. The molecular formula is C21H29N3O4. The van der Waals surface area contributed by atoms with Crippen molar-refractivity contribution in [3.63, 3.8) is 0 Å². The summed E-state index contributed by atoms with van der Waals surface area (Å²) >= 11 is 0. The Morgan fingerprint density at radius 3 is 2.43 bits per heavy atom. The Balaban J connectivity index is 2.19. The van der Waals surface area contributed by atoms with Gasteiger partial charge in [0.05, 0.1) is 11.3 Å². The lowest BCUT2D eigenvalue weighted by atomic mass is 9.99. The van der Waals surface area contributed by atoms with Crippen LogP contribution >= 0.6 is 0 Å². The number of hydrogen-bond acceptors (Lipinski definition) is 5. The molecule has 1 aliphatic rings. The maximum Gasteiger partial charge on any atom is 0.411 e. The number of carbonyl (C=O) groups is 2. The predicted octanol–water partition coefficient (Wildman–Crippen LogP) is 3.63. The first-order valence-electron chi connectivity index (χ1n) is 9.66. The molecule has 0 aliphatic carbocycles. The quantitative estimate of drug-likeness (QED) is 0.829. The van der Waals surface area contributed by atoms with Gasteiger partial charge < -0.3 is 14.7 Å². The van der Waals surface area contributed by atoms with Crippen LogP contribution in [0.1, 0.15) is 52.5 Å². The first-order valence-corrected chi connectivity index (χ1v) is 9.66. The summed E-state index contributed by atoms with van der Waals surface area (Å²) in [6.07, 6.45) is 0.954. The summed E-state index contributed by atoms with van der Waals surface area (Å²) in [6.45, 7) is 8.34. The van der Waals surface area contributed by atoms with Gasteiger partial charge in [0.1, 0.15) is 17.7 Å². The molecule has 1 N–H and O–H groups in total. The molecule has 1 atom stereocenters. The number of anilines is 1. The number of aliphatic carboxylic acids is 1. The third-order valence-corrected chi connectivity index (χ3v) is 4.83. The van der Waals surface area contributed by atoms with Crippen LogP contribution in [0.2, 0.25) is 0 Å². The van der Waals surface area contributed by atoms with Crippen molar-refractivity contribution in [2.45, 2.75) is 64.6 Å². The number of benzene rings is 1. The van der Waals surface area contributed by atoms with Crippen molar-refractivity contribution in [2.75, 3.05) is 18.0 Å². The second kappa shape index (κ2) is 8.96. The van der Waals surface area contributed by atoms with E-state index in [-0.39, 0.29) is 6.04 Å². The van der Waals surface area contributed by atoms with Crippen LogP contribution in [0.3, 0.4) is 0 Å². The van der Waals surface area contributed by atoms with E-state index in [0.717, 1.165) is 5.69 Å². The maximum absolute atomic E-state index is 12.8. The number of nitrogens with zero attached hydrogens (tertiary/aromatic N) is 3. The second-order valence-electron chi connectivity index (χ2n) is 8.00. The topological polar surface area (TPSA) is 93.9 Å². The summed E-state index contributed by atoms with van der Waals surface area (Å²) in [5.41, 5.74) is 0.790. The van der Waals surface area contributed by atoms with Gasteiger partial charge in [0.15, 0.2) is 0 Å². The van der Waals surface area contributed by atoms with Crippen molar-refractivity contribution in [3.8, 4) is 6.07 Å². The molecule has 0 saturated carbocycles. The number of carbonyl (C=O) groups excluding carboxylic acids is 1. The fourth-order valence-electron chi connectivity index (χ4n) is 3.56. The Hall–Kier alpha value is -2.75. The third kappa shape index (κ3) is 5.16. The molecule has 7 nitrogen and oxygen atoms in total. The van der Waals surface area contributed by atoms with E-state index >= 15 is 0 Å². The molecule has 1 aromatic carbocycles. The highest BCUT2D eigenvalue weighted by atomic mass is 16.6. The lowest BCUT2D eigenvalue weighted by molar-refractivity contribution is -0.144. The largest absolute Gasteiger partial charge is 0.480 e. The highest BCUT2D eigenvalue weighted by Crippen LogP contribution is 2.28. The van der Waals surface area contributed by atoms with Gasteiger partial charge in [0.2, 0.25) is 0 Å². The van der Waals surface area contributed by atoms with Crippen LogP contribution in [0.25, 0.3) is 0 Å². The van der Waals surface area contributed by atoms with E-state index in [2.05, 4.69) is 11.0 Å². The molecule has 7 heteroatoms. The number of hydrogen-bond donors (Lipinski definition) is 1. The van der Waals surface area contributed by atoms with Gasteiger partial charge >= 0.3 is 12.1 Å². The monoisotopic (exact) mass is 387 g/mol. The Labute approximate surface area is 166 Å². The average Bonchev–Trinajstić information content (AvgIpc) is 2.64. The van der Waals surface area contributed by atoms with Gasteiger partial charge in [-0.3, -0.25) is 4.90 Å². The number of rotatable bonds is 5. The molecule has 2 rings (SSSR count). The van der Waals surface area contributed by atoms with Gasteiger partial charge in [-0.1, -0.05) is 19.1 Å². The van der Waals surface area contributed by atoms with Crippen molar-refractivity contribution >= 4 is 17.7 Å². The fourth-order valence-corrected chi connectivity index (χ4v) is 3.56. The summed E-state index contributed by atoms with van der Waals surface area (Å²) in [4.78, 5) is 28.1. The molecular weight excluding hydrogens is 358 g/mol.